The Labute approximate surface area is 192 Å². The fourth-order valence-electron chi connectivity index (χ4n) is 3.38. The summed E-state index contributed by atoms with van der Waals surface area (Å²) in [7, 11) is 0. The summed E-state index contributed by atoms with van der Waals surface area (Å²) in [5.41, 5.74) is 1.70. The zero-order valence-corrected chi connectivity index (χ0v) is 19.1. The molecule has 0 aromatic heterocycles. The van der Waals surface area contributed by atoms with Crippen LogP contribution < -0.4 is 14.8 Å². The molecule has 0 unspecified atom stereocenters. The highest BCUT2D eigenvalue weighted by Crippen LogP contribution is 2.31. The number of likely N-dealkylation sites (N-methyl/N-ethyl adjacent to an activating group) is 1. The van der Waals surface area contributed by atoms with Crippen molar-refractivity contribution in [2.75, 3.05) is 19.8 Å². The number of hydrogen-bond acceptors (Lipinski definition) is 4. The van der Waals surface area contributed by atoms with Crippen LogP contribution in [-0.4, -0.2) is 42.5 Å². The number of nitrogens with zero attached hydrogens (tertiary/aromatic N) is 1. The van der Waals surface area contributed by atoms with Crippen LogP contribution in [0.25, 0.3) is 0 Å². The highest BCUT2D eigenvalue weighted by atomic mass is 35.5. The third kappa shape index (κ3) is 6.05. The maximum absolute atomic E-state index is 13.2. The molecule has 0 aliphatic carbocycles. The van der Waals surface area contributed by atoms with Crippen LogP contribution in [0.5, 0.6) is 11.5 Å². The normalized spacial score (nSPS) is 13.4. The molecule has 1 atom stereocenters. The fourth-order valence-corrected chi connectivity index (χ4v) is 3.84. The van der Waals surface area contributed by atoms with Crippen LogP contribution in [-0.2, 0) is 22.6 Å². The molecular weight excluding hydrogens is 439 g/mol. The Morgan fingerprint density at radius 2 is 1.84 bits per heavy atom. The number of carbonyl (C=O) groups is 2. The van der Waals surface area contributed by atoms with E-state index in [1.54, 1.807) is 30.0 Å². The van der Waals surface area contributed by atoms with E-state index in [4.69, 9.17) is 32.7 Å². The van der Waals surface area contributed by atoms with Crippen LogP contribution in [0.4, 0.5) is 0 Å². The molecule has 0 saturated carbocycles. The van der Waals surface area contributed by atoms with Gasteiger partial charge in [0.15, 0.2) is 11.5 Å². The van der Waals surface area contributed by atoms with Gasteiger partial charge in [-0.3, -0.25) is 9.59 Å². The number of carbonyl (C=O) groups excluding carboxylic acids is 2. The molecule has 6 nitrogen and oxygen atoms in total. The summed E-state index contributed by atoms with van der Waals surface area (Å²) in [6.45, 7) is 5.31. The van der Waals surface area contributed by atoms with Crippen molar-refractivity contribution in [2.24, 2.45) is 0 Å². The van der Waals surface area contributed by atoms with Gasteiger partial charge >= 0.3 is 0 Å². The number of ether oxygens (including phenoxy) is 2. The van der Waals surface area contributed by atoms with Crippen molar-refractivity contribution in [3.8, 4) is 11.5 Å². The third-order valence-corrected chi connectivity index (χ3v) is 5.70. The molecule has 1 aliphatic rings. The Balaban J connectivity index is 1.74. The van der Waals surface area contributed by atoms with Crippen molar-refractivity contribution < 1.29 is 19.1 Å². The van der Waals surface area contributed by atoms with Crippen molar-refractivity contribution in [3.05, 3.63) is 57.6 Å². The molecule has 1 heterocycles. The second kappa shape index (κ2) is 10.7. The Morgan fingerprint density at radius 1 is 1.10 bits per heavy atom. The van der Waals surface area contributed by atoms with Crippen molar-refractivity contribution in [3.63, 3.8) is 0 Å². The van der Waals surface area contributed by atoms with E-state index in [0.717, 1.165) is 11.1 Å². The number of hydrogen-bond donors (Lipinski definition) is 1. The Morgan fingerprint density at radius 3 is 2.55 bits per heavy atom. The Kier molecular flexibility index (Phi) is 8.04. The molecule has 166 valence electrons. The van der Waals surface area contributed by atoms with Crippen LogP contribution in [0, 0.1) is 0 Å². The van der Waals surface area contributed by atoms with Crippen LogP contribution in [0.3, 0.4) is 0 Å². The van der Waals surface area contributed by atoms with Gasteiger partial charge in [-0.15, -0.1) is 0 Å². The first-order valence-corrected chi connectivity index (χ1v) is 11.0. The molecule has 0 radical (unpaired) electrons. The van der Waals surface area contributed by atoms with Crippen LogP contribution in [0.15, 0.2) is 36.4 Å². The number of nitrogens with one attached hydrogen (secondary N) is 1. The molecule has 2 aromatic rings. The van der Waals surface area contributed by atoms with E-state index < -0.39 is 6.04 Å². The first kappa shape index (κ1) is 23.2. The standard InChI is InChI=1S/C23H26Cl2N2O4/c1-3-26-23(29)15(2)27(14-17-6-7-18(24)13-19(17)25)22(28)9-5-16-4-8-20-21(12-16)31-11-10-30-20/h4,6-8,12-13,15H,3,5,9-11,14H2,1-2H3,(H,26,29)/t15-/m0/s1. The number of rotatable bonds is 8. The number of halogens is 2. The van der Waals surface area contributed by atoms with Gasteiger partial charge in [-0.2, -0.15) is 0 Å². The predicted octanol–water partition coefficient (Wildman–Crippen LogP) is 4.25. The van der Waals surface area contributed by atoms with Crippen molar-refractivity contribution in [2.45, 2.75) is 39.3 Å². The van der Waals surface area contributed by atoms with Crippen molar-refractivity contribution in [1.82, 2.24) is 10.2 Å². The lowest BCUT2D eigenvalue weighted by molar-refractivity contribution is -0.140. The zero-order valence-electron chi connectivity index (χ0n) is 17.6. The molecule has 2 aromatic carbocycles. The van der Waals surface area contributed by atoms with Gasteiger partial charge in [-0.25, -0.2) is 0 Å². The molecule has 31 heavy (non-hydrogen) atoms. The van der Waals surface area contributed by atoms with Gasteiger partial charge < -0.3 is 19.7 Å². The molecule has 1 N–H and O–H groups in total. The fraction of sp³-hybridized carbons (Fsp3) is 0.391. The van der Waals surface area contributed by atoms with Crippen LogP contribution in [0.2, 0.25) is 10.0 Å². The monoisotopic (exact) mass is 464 g/mol. The van der Waals surface area contributed by atoms with Gasteiger partial charge in [0.2, 0.25) is 11.8 Å². The number of fused-ring (bicyclic) bond motifs is 1. The summed E-state index contributed by atoms with van der Waals surface area (Å²) in [5, 5.41) is 3.76. The molecule has 0 fully saturated rings. The largest absolute Gasteiger partial charge is 0.486 e. The van der Waals surface area contributed by atoms with E-state index in [1.807, 2.05) is 25.1 Å². The quantitative estimate of drug-likeness (QED) is 0.633. The number of amides is 2. The summed E-state index contributed by atoms with van der Waals surface area (Å²) < 4.78 is 11.2. The molecule has 1 aliphatic heterocycles. The maximum atomic E-state index is 13.2. The summed E-state index contributed by atoms with van der Waals surface area (Å²) in [6.07, 6.45) is 0.761. The Hall–Kier alpha value is -2.44. The highest BCUT2D eigenvalue weighted by Gasteiger charge is 2.26. The number of aryl methyl sites for hydroxylation is 1. The van der Waals surface area contributed by atoms with Gasteiger partial charge in [0.1, 0.15) is 19.3 Å². The first-order chi connectivity index (χ1) is 14.9. The first-order valence-electron chi connectivity index (χ1n) is 10.3. The van der Waals surface area contributed by atoms with Gasteiger partial charge in [0.25, 0.3) is 0 Å². The lowest BCUT2D eigenvalue weighted by Crippen LogP contribution is -2.47. The summed E-state index contributed by atoms with van der Waals surface area (Å²) in [4.78, 5) is 27.2. The minimum Gasteiger partial charge on any atom is -0.486 e. The van der Waals surface area contributed by atoms with E-state index in [1.165, 1.54) is 0 Å². The van der Waals surface area contributed by atoms with Gasteiger partial charge in [-0.05, 0) is 55.7 Å². The summed E-state index contributed by atoms with van der Waals surface area (Å²) in [5.74, 6) is 1.06. The lowest BCUT2D eigenvalue weighted by atomic mass is 10.1. The van der Waals surface area contributed by atoms with E-state index in [9.17, 15) is 9.59 Å². The molecular formula is C23H26Cl2N2O4. The maximum Gasteiger partial charge on any atom is 0.242 e. The van der Waals surface area contributed by atoms with E-state index >= 15 is 0 Å². The van der Waals surface area contributed by atoms with E-state index in [-0.39, 0.29) is 24.8 Å². The highest BCUT2D eigenvalue weighted by molar-refractivity contribution is 6.35. The summed E-state index contributed by atoms with van der Waals surface area (Å²) in [6, 6.07) is 10.2. The molecule has 2 amide bonds. The van der Waals surface area contributed by atoms with Gasteiger partial charge in [0.05, 0.1) is 0 Å². The number of benzene rings is 2. The van der Waals surface area contributed by atoms with Crippen molar-refractivity contribution >= 4 is 35.0 Å². The Bertz CT molecular complexity index is 951. The minimum absolute atomic E-state index is 0.139. The third-order valence-electron chi connectivity index (χ3n) is 5.11. The molecule has 0 spiro atoms. The zero-order chi connectivity index (χ0) is 22.4. The molecule has 3 rings (SSSR count). The minimum atomic E-state index is -0.639. The van der Waals surface area contributed by atoms with Gasteiger partial charge in [0, 0.05) is 29.6 Å². The SMILES string of the molecule is CCNC(=O)[C@H](C)N(Cc1ccc(Cl)cc1Cl)C(=O)CCc1ccc2c(c1)OCCO2. The van der Waals surface area contributed by atoms with Crippen LogP contribution in [0.1, 0.15) is 31.4 Å². The lowest BCUT2D eigenvalue weighted by Gasteiger charge is -2.29. The average Bonchev–Trinajstić information content (AvgIpc) is 2.76. The van der Waals surface area contributed by atoms with Crippen LogP contribution >= 0.6 is 23.2 Å². The van der Waals surface area contributed by atoms with Crippen molar-refractivity contribution in [1.29, 1.82) is 0 Å². The molecule has 8 heteroatoms. The van der Waals surface area contributed by atoms with Gasteiger partial charge in [-0.1, -0.05) is 35.3 Å². The average molecular weight is 465 g/mol. The smallest absolute Gasteiger partial charge is 0.242 e. The molecule has 0 saturated heterocycles. The second-order valence-electron chi connectivity index (χ2n) is 7.31. The summed E-state index contributed by atoms with van der Waals surface area (Å²) >= 11 is 12.3. The predicted molar refractivity (Wildman–Crippen MR) is 121 cm³/mol. The topological polar surface area (TPSA) is 67.9 Å². The van der Waals surface area contributed by atoms with E-state index in [2.05, 4.69) is 5.32 Å². The van der Waals surface area contributed by atoms with E-state index in [0.29, 0.717) is 47.7 Å². The molecule has 0 bridgehead atoms. The second-order valence-corrected chi connectivity index (χ2v) is 8.15.